The Balaban J connectivity index is 1.66. The van der Waals surface area contributed by atoms with Crippen LogP contribution in [0.4, 0.5) is 8.78 Å². The smallest absolute Gasteiger partial charge is 0.224 e. The number of nitrogens with zero attached hydrogens (tertiary/aromatic N) is 1. The predicted octanol–water partition coefficient (Wildman–Crippen LogP) is 3.16. The summed E-state index contributed by atoms with van der Waals surface area (Å²) in [5.74, 6) is -1.44. The van der Waals surface area contributed by atoms with Gasteiger partial charge in [-0.2, -0.15) is 0 Å². The van der Waals surface area contributed by atoms with Crippen molar-refractivity contribution in [3.8, 4) is 11.6 Å². The summed E-state index contributed by atoms with van der Waals surface area (Å²) in [4.78, 5) is 16.5. The number of aromatic nitrogens is 1. The molecule has 2 aromatic rings. The molecule has 0 saturated carbocycles. The zero-order valence-electron chi connectivity index (χ0n) is 14.3. The van der Waals surface area contributed by atoms with E-state index in [2.05, 4.69) is 15.6 Å². The molecule has 2 heterocycles. The maximum absolute atomic E-state index is 13.8. The van der Waals surface area contributed by atoms with Crippen LogP contribution in [0.3, 0.4) is 0 Å². The molecule has 1 aliphatic heterocycles. The molecule has 3 rings (SSSR count). The van der Waals surface area contributed by atoms with Gasteiger partial charge in [0, 0.05) is 30.3 Å². The van der Waals surface area contributed by atoms with E-state index in [1.54, 1.807) is 12.1 Å². The summed E-state index contributed by atoms with van der Waals surface area (Å²) < 4.78 is 32.3. The minimum Gasteiger partial charge on any atom is -0.436 e. The number of hydrogen-bond donors (Lipinski definition) is 2. The van der Waals surface area contributed by atoms with Crippen molar-refractivity contribution in [2.45, 2.75) is 25.8 Å². The number of hydrogen-bond acceptors (Lipinski definition) is 4. The van der Waals surface area contributed by atoms with Gasteiger partial charge >= 0.3 is 0 Å². The molecule has 1 fully saturated rings. The van der Waals surface area contributed by atoms with Crippen LogP contribution in [0.15, 0.2) is 36.5 Å². The van der Waals surface area contributed by atoms with Crippen molar-refractivity contribution in [3.05, 3.63) is 53.7 Å². The molecule has 26 heavy (non-hydrogen) atoms. The number of halogens is 2. The van der Waals surface area contributed by atoms with Gasteiger partial charge in [0.25, 0.3) is 0 Å². The van der Waals surface area contributed by atoms with Gasteiger partial charge in [0.2, 0.25) is 11.8 Å². The normalized spacial score (nSPS) is 17.4. The fourth-order valence-corrected chi connectivity index (χ4v) is 2.92. The van der Waals surface area contributed by atoms with E-state index < -0.39 is 11.6 Å². The van der Waals surface area contributed by atoms with Gasteiger partial charge in [0.15, 0.2) is 11.6 Å². The molecule has 7 heteroatoms. The van der Waals surface area contributed by atoms with E-state index in [0.717, 1.165) is 44.5 Å². The highest BCUT2D eigenvalue weighted by atomic mass is 19.1. The minimum atomic E-state index is -0.809. The standard InChI is InChI=1S/C19H21F2N3O2/c20-15-5-6-17(16(21)11-15)26-19-14(4-2-9-23-19)12-24-18(25)13-3-1-8-22-10-7-13/h2,4-6,9,11,13,22H,1,3,7-8,10,12H2,(H,24,25)/t13-/m0/s1. The number of ether oxygens (including phenoxy) is 1. The van der Waals surface area contributed by atoms with Gasteiger partial charge in [0.1, 0.15) is 5.82 Å². The first kappa shape index (κ1) is 18.3. The lowest BCUT2D eigenvalue weighted by molar-refractivity contribution is -0.125. The lowest BCUT2D eigenvalue weighted by Crippen LogP contribution is -2.31. The minimum absolute atomic E-state index is 0.00327. The Hall–Kier alpha value is -2.54. The van der Waals surface area contributed by atoms with Gasteiger partial charge in [-0.1, -0.05) is 6.07 Å². The average Bonchev–Trinajstić information content (AvgIpc) is 2.92. The summed E-state index contributed by atoms with van der Waals surface area (Å²) >= 11 is 0. The number of benzene rings is 1. The average molecular weight is 361 g/mol. The second-order valence-electron chi connectivity index (χ2n) is 6.24. The Morgan fingerprint density at radius 1 is 1.27 bits per heavy atom. The molecule has 0 aliphatic carbocycles. The topological polar surface area (TPSA) is 63.2 Å². The SMILES string of the molecule is O=C(NCc1cccnc1Oc1ccc(F)cc1F)[C@H]1CCCNCC1. The third-order valence-electron chi connectivity index (χ3n) is 4.35. The molecule has 138 valence electrons. The molecule has 1 aromatic carbocycles. The predicted molar refractivity (Wildman–Crippen MR) is 92.7 cm³/mol. The van der Waals surface area contributed by atoms with E-state index in [1.165, 1.54) is 12.3 Å². The molecule has 0 spiro atoms. The van der Waals surface area contributed by atoms with Crippen LogP contribution in [0.5, 0.6) is 11.6 Å². The van der Waals surface area contributed by atoms with Crippen LogP contribution in [-0.4, -0.2) is 24.0 Å². The van der Waals surface area contributed by atoms with E-state index in [0.29, 0.717) is 5.56 Å². The maximum atomic E-state index is 13.8. The summed E-state index contributed by atoms with van der Waals surface area (Å²) in [6.45, 7) is 2.01. The maximum Gasteiger partial charge on any atom is 0.224 e. The lowest BCUT2D eigenvalue weighted by atomic mass is 10.00. The molecule has 1 aromatic heterocycles. The van der Waals surface area contributed by atoms with Gasteiger partial charge in [-0.3, -0.25) is 4.79 Å². The molecule has 2 N–H and O–H groups in total. The summed E-state index contributed by atoms with van der Waals surface area (Å²) in [5, 5.41) is 6.19. The summed E-state index contributed by atoms with van der Waals surface area (Å²) in [5.41, 5.74) is 0.622. The van der Waals surface area contributed by atoms with E-state index in [9.17, 15) is 13.6 Å². The van der Waals surface area contributed by atoms with Crippen LogP contribution in [0.25, 0.3) is 0 Å². The molecular weight excluding hydrogens is 340 g/mol. The van der Waals surface area contributed by atoms with Crippen LogP contribution >= 0.6 is 0 Å². The van der Waals surface area contributed by atoms with Crippen molar-refractivity contribution in [2.24, 2.45) is 5.92 Å². The summed E-state index contributed by atoms with van der Waals surface area (Å²) in [6.07, 6.45) is 4.15. The lowest BCUT2D eigenvalue weighted by Gasteiger charge is -2.15. The Morgan fingerprint density at radius 2 is 2.15 bits per heavy atom. The fraction of sp³-hybridized carbons (Fsp3) is 0.368. The first-order chi connectivity index (χ1) is 12.6. The molecule has 1 aliphatic rings. The van der Waals surface area contributed by atoms with Gasteiger partial charge in [-0.25, -0.2) is 13.8 Å². The largest absolute Gasteiger partial charge is 0.436 e. The highest BCUT2D eigenvalue weighted by Gasteiger charge is 2.20. The van der Waals surface area contributed by atoms with Crippen LogP contribution in [0.1, 0.15) is 24.8 Å². The molecule has 0 radical (unpaired) electrons. The Bertz CT molecular complexity index is 762. The van der Waals surface area contributed by atoms with Crippen molar-refractivity contribution in [1.82, 2.24) is 15.6 Å². The van der Waals surface area contributed by atoms with Crippen molar-refractivity contribution in [2.75, 3.05) is 13.1 Å². The number of nitrogens with one attached hydrogen (secondary N) is 2. The van der Waals surface area contributed by atoms with Crippen molar-refractivity contribution in [1.29, 1.82) is 0 Å². The number of rotatable bonds is 5. The highest BCUT2D eigenvalue weighted by Crippen LogP contribution is 2.26. The second-order valence-corrected chi connectivity index (χ2v) is 6.24. The van der Waals surface area contributed by atoms with E-state index in [1.807, 2.05) is 0 Å². The van der Waals surface area contributed by atoms with Crippen molar-refractivity contribution >= 4 is 5.91 Å². The van der Waals surface area contributed by atoms with Crippen LogP contribution in [-0.2, 0) is 11.3 Å². The Kier molecular flexibility index (Phi) is 6.12. The van der Waals surface area contributed by atoms with Gasteiger partial charge in [-0.15, -0.1) is 0 Å². The molecule has 1 amide bonds. The zero-order chi connectivity index (χ0) is 18.4. The van der Waals surface area contributed by atoms with Crippen LogP contribution in [0, 0.1) is 17.6 Å². The number of amides is 1. The second kappa shape index (κ2) is 8.71. The van der Waals surface area contributed by atoms with Crippen LogP contribution in [0.2, 0.25) is 0 Å². The van der Waals surface area contributed by atoms with Gasteiger partial charge in [-0.05, 0) is 50.6 Å². The van der Waals surface area contributed by atoms with E-state index >= 15 is 0 Å². The monoisotopic (exact) mass is 361 g/mol. The van der Waals surface area contributed by atoms with E-state index in [4.69, 9.17) is 4.74 Å². The third kappa shape index (κ3) is 4.76. The number of carbonyl (C=O) groups is 1. The molecule has 1 saturated heterocycles. The highest BCUT2D eigenvalue weighted by molar-refractivity contribution is 5.78. The zero-order valence-corrected chi connectivity index (χ0v) is 14.3. The van der Waals surface area contributed by atoms with Crippen LogP contribution < -0.4 is 15.4 Å². The molecule has 5 nitrogen and oxygen atoms in total. The summed E-state index contributed by atoms with van der Waals surface area (Å²) in [6, 6.07) is 6.53. The molecule has 0 unspecified atom stereocenters. The van der Waals surface area contributed by atoms with Gasteiger partial charge < -0.3 is 15.4 Å². The summed E-state index contributed by atoms with van der Waals surface area (Å²) in [7, 11) is 0. The third-order valence-corrected chi connectivity index (χ3v) is 4.35. The number of pyridine rings is 1. The Morgan fingerprint density at radius 3 is 3.00 bits per heavy atom. The first-order valence-corrected chi connectivity index (χ1v) is 8.68. The van der Waals surface area contributed by atoms with Gasteiger partial charge in [0.05, 0.1) is 0 Å². The number of carbonyl (C=O) groups excluding carboxylic acids is 1. The molecule has 0 bridgehead atoms. The molecule has 1 atom stereocenters. The first-order valence-electron chi connectivity index (χ1n) is 8.68. The fourth-order valence-electron chi connectivity index (χ4n) is 2.92. The Labute approximate surface area is 150 Å². The van der Waals surface area contributed by atoms with Crippen molar-refractivity contribution in [3.63, 3.8) is 0 Å². The van der Waals surface area contributed by atoms with E-state index in [-0.39, 0.29) is 30.0 Å². The van der Waals surface area contributed by atoms with Crippen molar-refractivity contribution < 1.29 is 18.3 Å². The quantitative estimate of drug-likeness (QED) is 0.859. The molecular formula is C19H21F2N3O2.